The molecule has 0 aliphatic carbocycles. The molecule has 0 spiro atoms. The maximum Gasteiger partial charge on any atom is 0.105 e. The predicted molar refractivity (Wildman–Crippen MR) is 142 cm³/mol. The van der Waals surface area contributed by atoms with E-state index in [-0.39, 0.29) is 0 Å². The van der Waals surface area contributed by atoms with Crippen LogP contribution in [0.1, 0.15) is 0 Å². The van der Waals surface area contributed by atoms with Crippen LogP contribution in [0.3, 0.4) is 0 Å². The van der Waals surface area contributed by atoms with Gasteiger partial charge in [0.15, 0.2) is 0 Å². The first-order valence-corrected chi connectivity index (χ1v) is 12.6. The molecule has 1 saturated heterocycles. The van der Waals surface area contributed by atoms with Crippen LogP contribution in [0.15, 0.2) is 0 Å². The fourth-order valence-electron chi connectivity index (χ4n) is 1.22. The van der Waals surface area contributed by atoms with Gasteiger partial charge in [-0.05, 0) is 0 Å². The fraction of sp³-hybridized carbons (Fsp3) is 1.00. The Labute approximate surface area is 247 Å². The van der Waals surface area contributed by atoms with Gasteiger partial charge >= 0.3 is 0 Å². The van der Waals surface area contributed by atoms with Gasteiger partial charge in [0.2, 0.25) is 0 Å². The molecule has 0 amide bonds. The summed E-state index contributed by atoms with van der Waals surface area (Å²) < 4.78 is 4.50. The average molecular weight is 655 g/mol. The Morgan fingerprint density at radius 2 is 0.326 bits per heavy atom. The fourth-order valence-corrected chi connectivity index (χ4v) is 1.22. The van der Waals surface area contributed by atoms with Gasteiger partial charge in [0.05, 0.1) is 79.3 Å². The van der Waals surface area contributed by atoms with Crippen molar-refractivity contribution in [3.05, 3.63) is 0 Å². The van der Waals surface area contributed by atoms with Crippen LogP contribution in [0.25, 0.3) is 0 Å². The molecule has 0 aromatic heterocycles. The zero-order valence-electron chi connectivity index (χ0n) is 23.6. The van der Waals surface area contributed by atoms with E-state index >= 15 is 0 Å². The molecule has 0 aromatic rings. The van der Waals surface area contributed by atoms with Crippen molar-refractivity contribution in [2.75, 3.05) is 79.3 Å². The van der Waals surface area contributed by atoms with Crippen LogP contribution in [0.2, 0.25) is 0 Å². The van der Waals surface area contributed by atoms with Crippen LogP contribution in [0.4, 0.5) is 0 Å². The van der Waals surface area contributed by atoms with E-state index in [1.807, 2.05) is 0 Å². The molecule has 268 valence electrons. The zero-order chi connectivity index (χ0) is 35.0. The minimum Gasteiger partial charge on any atom is -0.394 e. The highest BCUT2D eigenvalue weighted by Crippen LogP contribution is 1.91. The molecule has 10 atom stereocenters. The van der Waals surface area contributed by atoms with Crippen LogP contribution >= 0.6 is 0 Å². The molecule has 21 heteroatoms. The maximum absolute atomic E-state index is 8.47. The quantitative estimate of drug-likeness (QED) is 0.0728. The molecule has 1 heterocycles. The van der Waals surface area contributed by atoms with Crippen LogP contribution in [0, 0.1) is 0 Å². The summed E-state index contributed by atoms with van der Waals surface area (Å²) in [5, 5.41) is 166. The van der Waals surface area contributed by atoms with Gasteiger partial charge < -0.3 is 107 Å². The molecule has 43 heavy (non-hydrogen) atoms. The topological polar surface area (TPSA) is 417 Å². The van der Waals surface area contributed by atoms with Gasteiger partial charge in [-0.15, -0.1) is 0 Å². The van der Waals surface area contributed by atoms with E-state index in [4.69, 9.17) is 102 Å². The second-order valence-corrected chi connectivity index (χ2v) is 8.11. The second kappa shape index (κ2) is 37.3. The van der Waals surface area contributed by atoms with Crippen molar-refractivity contribution in [2.45, 2.75) is 61.0 Å². The van der Waals surface area contributed by atoms with Gasteiger partial charge in [-0.2, -0.15) is 0 Å². The van der Waals surface area contributed by atoms with Crippen molar-refractivity contribution >= 4 is 0 Å². The minimum absolute atomic E-state index is 0.526. The number of rotatable bonds is 15. The zero-order valence-corrected chi connectivity index (χ0v) is 23.6. The number of aliphatic hydroxyl groups excluding tert-OH is 20. The Bertz CT molecular complexity index is 372. The van der Waals surface area contributed by atoms with Crippen molar-refractivity contribution in [2.24, 2.45) is 0 Å². The third kappa shape index (κ3) is 39.1. The Morgan fingerprint density at radius 3 is 0.349 bits per heavy atom. The molecule has 1 rings (SSSR count). The summed E-state index contributed by atoms with van der Waals surface area (Å²) in [5.74, 6) is 0. The van der Waals surface area contributed by atoms with Crippen molar-refractivity contribution in [1.82, 2.24) is 0 Å². The summed E-state index contributed by atoms with van der Waals surface area (Å²) >= 11 is 0. The lowest BCUT2D eigenvalue weighted by Gasteiger charge is -2.10. The van der Waals surface area contributed by atoms with Gasteiger partial charge in [-0.1, -0.05) is 0 Å². The van der Waals surface area contributed by atoms with Gasteiger partial charge in [0, 0.05) is 0 Å². The molecule has 0 bridgehead atoms. The molecule has 1 fully saturated rings. The largest absolute Gasteiger partial charge is 0.394 e. The Kier molecular flexibility index (Phi) is 44.9. The summed E-state index contributed by atoms with van der Waals surface area (Å²) in [4.78, 5) is 0. The Hall–Kier alpha value is -0.840. The van der Waals surface area contributed by atoms with Gasteiger partial charge in [-0.3, -0.25) is 0 Å². The highest BCUT2D eigenvalue weighted by molar-refractivity contribution is 4.64. The molecule has 0 aromatic carbocycles. The molecule has 1 aliphatic heterocycles. The van der Waals surface area contributed by atoms with E-state index in [1.165, 1.54) is 0 Å². The SMILES string of the molecule is C1CO1.OC[C@@H](O)[C@@H](O)CO.OC[C@@H](O)[C@@H](O)CO.OC[C@@H](O)[C@@H](O)CO.OC[C@@H](O)[C@@H](O)CO.OC[C@@H](O)[C@@H](O)CO. The number of hydrogen-bond acceptors (Lipinski definition) is 21. The van der Waals surface area contributed by atoms with Gasteiger partial charge in [0.25, 0.3) is 0 Å². The van der Waals surface area contributed by atoms with E-state index in [1.54, 1.807) is 0 Å². The number of ether oxygens (including phenoxy) is 1. The third-order valence-corrected chi connectivity index (χ3v) is 4.30. The lowest BCUT2D eigenvalue weighted by Crippen LogP contribution is -2.31. The molecule has 20 N–H and O–H groups in total. The van der Waals surface area contributed by atoms with Gasteiger partial charge in [0.1, 0.15) is 61.0 Å². The summed E-state index contributed by atoms with van der Waals surface area (Å²) in [6, 6.07) is 0. The lowest BCUT2D eigenvalue weighted by atomic mass is 10.2. The smallest absolute Gasteiger partial charge is 0.105 e. The van der Waals surface area contributed by atoms with Gasteiger partial charge in [-0.25, -0.2) is 0 Å². The van der Waals surface area contributed by atoms with E-state index in [0.717, 1.165) is 13.2 Å². The summed E-state index contributed by atoms with van der Waals surface area (Å²) in [7, 11) is 0. The highest BCUT2D eigenvalue weighted by atomic mass is 16.6. The minimum atomic E-state index is -1.22. The highest BCUT2D eigenvalue weighted by Gasteiger charge is 2.14. The Morgan fingerprint density at radius 1 is 0.256 bits per heavy atom. The van der Waals surface area contributed by atoms with Crippen molar-refractivity contribution in [3.63, 3.8) is 0 Å². The lowest BCUT2D eigenvalue weighted by molar-refractivity contribution is -0.0388. The molecular weight excluding hydrogens is 600 g/mol. The van der Waals surface area contributed by atoms with E-state index in [2.05, 4.69) is 4.74 Å². The predicted octanol–water partition coefficient (Wildman–Crippen LogP) is -11.5. The normalized spacial score (nSPS) is 18.4. The number of epoxide rings is 1. The molecule has 0 unspecified atom stereocenters. The first-order valence-electron chi connectivity index (χ1n) is 12.6. The van der Waals surface area contributed by atoms with Crippen LogP contribution < -0.4 is 0 Å². The molecular formula is C22H54O21. The standard InChI is InChI=1S/5C4H10O4.C2H4O/c5*5-1-3(7)4(8)2-6;1-2-3-1/h5*3-8H,1-2H2;1-2H2/t5*3-,4+;. The Balaban J connectivity index is -0.000000136. The van der Waals surface area contributed by atoms with Crippen LogP contribution in [-0.4, -0.2) is 242 Å². The average Bonchev–Trinajstić information content (AvgIpc) is 3.95. The molecule has 1 aliphatic rings. The third-order valence-electron chi connectivity index (χ3n) is 4.30. The summed E-state index contributed by atoms with van der Waals surface area (Å²) in [5.41, 5.74) is 0. The molecule has 0 saturated carbocycles. The van der Waals surface area contributed by atoms with E-state index < -0.39 is 127 Å². The van der Waals surface area contributed by atoms with Crippen molar-refractivity contribution in [3.8, 4) is 0 Å². The first kappa shape index (κ1) is 51.7. The second-order valence-electron chi connectivity index (χ2n) is 8.11. The molecule has 0 radical (unpaired) electrons. The maximum atomic E-state index is 8.47. The number of hydrogen-bond donors (Lipinski definition) is 20. The number of aliphatic hydroxyl groups is 20. The summed E-state index contributed by atoms with van der Waals surface area (Å²) in [6.07, 6.45) is -12.2. The van der Waals surface area contributed by atoms with Crippen LogP contribution in [0.5, 0.6) is 0 Å². The summed E-state index contributed by atoms with van der Waals surface area (Å²) in [6.45, 7) is -3.26. The van der Waals surface area contributed by atoms with Crippen LogP contribution in [-0.2, 0) is 4.74 Å². The van der Waals surface area contributed by atoms with E-state index in [9.17, 15) is 0 Å². The van der Waals surface area contributed by atoms with Crippen molar-refractivity contribution < 1.29 is 107 Å². The van der Waals surface area contributed by atoms with Crippen molar-refractivity contribution in [1.29, 1.82) is 0 Å². The monoisotopic (exact) mass is 654 g/mol. The van der Waals surface area contributed by atoms with E-state index in [0.29, 0.717) is 0 Å². The molecule has 21 nitrogen and oxygen atoms in total. The first-order chi connectivity index (χ1) is 20.1.